The van der Waals surface area contributed by atoms with Crippen LogP contribution in [0.15, 0.2) is 12.1 Å². The Labute approximate surface area is 215 Å². The van der Waals surface area contributed by atoms with Crippen LogP contribution in [0.3, 0.4) is 0 Å². The molecule has 0 bridgehead atoms. The lowest BCUT2D eigenvalue weighted by atomic mass is 9.78. The molecule has 1 aromatic carbocycles. The van der Waals surface area contributed by atoms with Crippen molar-refractivity contribution in [3.05, 3.63) is 28.8 Å². The normalized spacial score (nSPS) is 9.63. The Kier molecular flexibility index (Phi) is 12.1. The fraction of sp³-hybridized carbons (Fsp3) is 0.387. The van der Waals surface area contributed by atoms with Gasteiger partial charge in [-0.25, -0.2) is 0 Å². The van der Waals surface area contributed by atoms with E-state index in [9.17, 15) is 9.90 Å². The molecule has 0 amide bonds. The van der Waals surface area contributed by atoms with Crippen LogP contribution in [0, 0.1) is 70.9 Å². The number of phenolic OH excluding ortho intramolecular Hbond substituents is 1. The minimum Gasteiger partial charge on any atom is -0.507 e. The van der Waals surface area contributed by atoms with Gasteiger partial charge in [-0.2, -0.15) is 0 Å². The summed E-state index contributed by atoms with van der Waals surface area (Å²) in [6.07, 6.45) is 5.78. The molecular formula is C31H30O3S. The molecule has 0 aliphatic carbocycles. The molecule has 3 nitrogen and oxygen atoms in total. The van der Waals surface area contributed by atoms with Crippen LogP contribution in [0.25, 0.3) is 0 Å². The quantitative estimate of drug-likeness (QED) is 0.359. The summed E-state index contributed by atoms with van der Waals surface area (Å²) in [6.45, 7) is 12.7. The van der Waals surface area contributed by atoms with Crippen molar-refractivity contribution in [1.29, 1.82) is 0 Å². The first-order chi connectivity index (χ1) is 16.5. The largest absolute Gasteiger partial charge is 0.507 e. The number of benzene rings is 1. The highest BCUT2D eigenvalue weighted by Gasteiger charge is 2.26. The predicted octanol–water partition coefficient (Wildman–Crippen LogP) is 4.80. The van der Waals surface area contributed by atoms with E-state index in [0.717, 1.165) is 16.7 Å². The molecule has 0 heterocycles. The van der Waals surface area contributed by atoms with E-state index in [-0.39, 0.29) is 29.8 Å². The zero-order valence-corrected chi connectivity index (χ0v) is 22.0. The Bertz CT molecular complexity index is 1240. The third-order valence-electron chi connectivity index (χ3n) is 4.55. The van der Waals surface area contributed by atoms with Crippen molar-refractivity contribution in [3.8, 4) is 76.6 Å². The van der Waals surface area contributed by atoms with Gasteiger partial charge in [0.15, 0.2) is 0 Å². The summed E-state index contributed by atoms with van der Waals surface area (Å²) in [5.41, 5.74) is 2.38. The maximum Gasteiger partial charge on any atom is 0.306 e. The molecule has 35 heavy (non-hydrogen) atoms. The standard InChI is InChI=1S/C31H30O3S/c1-8-9-10-11-12-13-14-15-16-17-21-35-22-20-34-28(32)19-18-25-23-26(30(2,3)4)29(33)27(24-25)31(5,6)7/h1,23-24,33H,18-20,22H2,2-7H3. The van der Waals surface area contributed by atoms with Gasteiger partial charge in [-0.15, -0.1) is 6.42 Å². The van der Waals surface area contributed by atoms with Crippen LogP contribution in [-0.4, -0.2) is 23.4 Å². The smallest absolute Gasteiger partial charge is 0.306 e. The molecule has 1 rings (SSSR count). The lowest BCUT2D eigenvalue weighted by Gasteiger charge is -2.28. The highest BCUT2D eigenvalue weighted by atomic mass is 32.2. The van der Waals surface area contributed by atoms with Crippen molar-refractivity contribution in [2.75, 3.05) is 12.4 Å². The van der Waals surface area contributed by atoms with Gasteiger partial charge in [0.25, 0.3) is 0 Å². The molecule has 1 N–H and O–H groups in total. The molecule has 0 saturated heterocycles. The minimum atomic E-state index is -0.260. The summed E-state index contributed by atoms with van der Waals surface area (Å²) in [4.78, 5) is 12.2. The number of phenols is 1. The van der Waals surface area contributed by atoms with Crippen LogP contribution in [0.1, 0.15) is 64.7 Å². The SMILES string of the molecule is C#CC#CC#CC#CC#CC#CSCCOC(=O)CCc1cc(C(C)(C)C)c(O)c(C(C)(C)C)c1. The fourth-order valence-corrected chi connectivity index (χ4v) is 3.26. The molecule has 0 atom stereocenters. The number of aryl methyl sites for hydroxylation is 1. The second-order valence-corrected chi connectivity index (χ2v) is 10.4. The maximum atomic E-state index is 12.2. The first kappa shape index (κ1) is 29.2. The number of esters is 1. The van der Waals surface area contributed by atoms with E-state index in [1.54, 1.807) is 0 Å². The summed E-state index contributed by atoms with van der Waals surface area (Å²) in [5.74, 6) is 25.4. The van der Waals surface area contributed by atoms with E-state index < -0.39 is 0 Å². The maximum absolute atomic E-state index is 12.2. The van der Waals surface area contributed by atoms with Crippen molar-refractivity contribution >= 4 is 17.7 Å². The van der Waals surface area contributed by atoms with Crippen LogP contribution < -0.4 is 0 Å². The molecule has 1 aromatic rings. The fourth-order valence-electron chi connectivity index (χ4n) is 2.87. The van der Waals surface area contributed by atoms with Crippen LogP contribution in [0.2, 0.25) is 0 Å². The topological polar surface area (TPSA) is 46.5 Å². The second-order valence-electron chi connectivity index (χ2n) is 9.48. The molecule has 0 aliphatic heterocycles. The number of terminal acetylenes is 1. The summed E-state index contributed by atoms with van der Waals surface area (Å²) in [6, 6.07) is 3.99. The average Bonchev–Trinajstić information content (AvgIpc) is 2.77. The van der Waals surface area contributed by atoms with Crippen molar-refractivity contribution in [2.24, 2.45) is 0 Å². The van der Waals surface area contributed by atoms with Gasteiger partial charge in [-0.1, -0.05) is 65.4 Å². The van der Waals surface area contributed by atoms with Gasteiger partial charge in [0, 0.05) is 12.2 Å². The average molecular weight is 483 g/mol. The van der Waals surface area contributed by atoms with Crippen molar-refractivity contribution < 1.29 is 14.6 Å². The third-order valence-corrected chi connectivity index (χ3v) is 5.16. The molecule has 0 spiro atoms. The number of hydrogen-bond donors (Lipinski definition) is 1. The molecule has 0 radical (unpaired) electrons. The Morgan fingerprint density at radius 2 is 1.37 bits per heavy atom. The summed E-state index contributed by atoms with van der Waals surface area (Å²) in [5, 5.41) is 13.6. The highest BCUT2D eigenvalue weighted by Crippen LogP contribution is 2.39. The van der Waals surface area contributed by atoms with Crippen LogP contribution >= 0.6 is 11.8 Å². The van der Waals surface area contributed by atoms with Crippen molar-refractivity contribution in [3.63, 3.8) is 0 Å². The zero-order chi connectivity index (χ0) is 26.3. The Hall–Kier alpha value is -3.80. The third kappa shape index (κ3) is 11.8. The van der Waals surface area contributed by atoms with Gasteiger partial charge in [-0.05, 0) is 98.4 Å². The predicted molar refractivity (Wildman–Crippen MR) is 145 cm³/mol. The first-order valence-corrected chi connectivity index (χ1v) is 12.0. The number of ether oxygens (including phenoxy) is 1. The van der Waals surface area contributed by atoms with E-state index in [4.69, 9.17) is 11.2 Å². The second kappa shape index (κ2) is 14.5. The number of thioether (sulfide) groups is 1. The number of rotatable bonds is 6. The summed E-state index contributed by atoms with van der Waals surface area (Å²) >= 11 is 1.32. The molecule has 0 unspecified atom stereocenters. The van der Waals surface area contributed by atoms with E-state index >= 15 is 0 Å². The Balaban J connectivity index is 2.53. The lowest BCUT2D eigenvalue weighted by Crippen LogP contribution is -2.18. The van der Waals surface area contributed by atoms with Gasteiger partial charge in [0.1, 0.15) is 12.4 Å². The van der Waals surface area contributed by atoms with Gasteiger partial charge in [0.05, 0.1) is 0 Å². The van der Waals surface area contributed by atoms with Gasteiger partial charge in [0.2, 0.25) is 0 Å². The molecular weight excluding hydrogens is 452 g/mol. The number of hydrogen-bond acceptors (Lipinski definition) is 4. The number of carbonyl (C=O) groups is 1. The molecule has 0 aromatic heterocycles. The van der Waals surface area contributed by atoms with Crippen LogP contribution in [0.5, 0.6) is 5.75 Å². The van der Waals surface area contributed by atoms with Gasteiger partial charge < -0.3 is 9.84 Å². The molecule has 178 valence electrons. The van der Waals surface area contributed by atoms with E-state index in [1.165, 1.54) is 11.8 Å². The summed E-state index contributed by atoms with van der Waals surface area (Å²) in [7, 11) is 0. The van der Waals surface area contributed by atoms with Crippen molar-refractivity contribution in [2.45, 2.75) is 65.2 Å². The molecule has 0 saturated carbocycles. The van der Waals surface area contributed by atoms with E-state index in [1.807, 2.05) is 12.1 Å². The number of carbonyl (C=O) groups excluding carboxylic acids is 1. The number of aromatic hydroxyl groups is 1. The molecule has 0 fully saturated rings. The Morgan fingerprint density at radius 3 is 1.86 bits per heavy atom. The highest BCUT2D eigenvalue weighted by molar-refractivity contribution is 8.03. The minimum absolute atomic E-state index is 0.207. The van der Waals surface area contributed by atoms with Gasteiger partial charge in [-0.3, -0.25) is 4.79 Å². The lowest BCUT2D eigenvalue weighted by molar-refractivity contribution is -0.142. The van der Waals surface area contributed by atoms with Crippen LogP contribution in [0.4, 0.5) is 0 Å². The van der Waals surface area contributed by atoms with E-state index in [2.05, 4.69) is 106 Å². The molecule has 0 aliphatic rings. The molecule has 4 heteroatoms. The first-order valence-electron chi connectivity index (χ1n) is 11.1. The van der Waals surface area contributed by atoms with Crippen molar-refractivity contribution in [1.82, 2.24) is 0 Å². The van der Waals surface area contributed by atoms with Crippen LogP contribution in [-0.2, 0) is 26.8 Å². The monoisotopic (exact) mass is 482 g/mol. The Morgan fingerprint density at radius 1 is 0.886 bits per heavy atom. The van der Waals surface area contributed by atoms with Gasteiger partial charge >= 0.3 is 5.97 Å². The summed E-state index contributed by atoms with van der Waals surface area (Å²) < 4.78 is 5.31. The van der Waals surface area contributed by atoms with E-state index in [0.29, 0.717) is 17.9 Å². The zero-order valence-electron chi connectivity index (χ0n) is 21.2.